The van der Waals surface area contributed by atoms with E-state index in [1.807, 2.05) is 30.3 Å². The van der Waals surface area contributed by atoms with Crippen LogP contribution in [0.1, 0.15) is 42.3 Å². The second kappa shape index (κ2) is 7.91. The molecule has 3 rings (SSSR count). The van der Waals surface area contributed by atoms with Crippen LogP contribution in [0.25, 0.3) is 0 Å². The molecular weight excluding hydrogens is 429 g/mol. The van der Waals surface area contributed by atoms with Gasteiger partial charge in [-0.2, -0.15) is 0 Å². The second-order valence-corrected chi connectivity index (χ2v) is 8.34. The fourth-order valence-corrected chi connectivity index (χ4v) is 3.37. The molecule has 0 saturated carbocycles. The van der Waals surface area contributed by atoms with Gasteiger partial charge in [0.1, 0.15) is 23.8 Å². The molecule has 0 spiro atoms. The molecule has 0 fully saturated rings. The highest BCUT2D eigenvalue weighted by atomic mass is 79.9. The average molecular weight is 450 g/mol. The number of imide groups is 1. The van der Waals surface area contributed by atoms with Crippen LogP contribution in [0, 0.1) is 5.82 Å². The van der Waals surface area contributed by atoms with Gasteiger partial charge in [-0.25, -0.2) is 14.1 Å². The quantitative estimate of drug-likeness (QED) is 0.653. The van der Waals surface area contributed by atoms with Crippen molar-refractivity contribution < 1.29 is 23.5 Å². The Morgan fingerprint density at radius 1 is 1.25 bits per heavy atom. The Morgan fingerprint density at radius 3 is 2.57 bits per heavy atom. The van der Waals surface area contributed by atoms with Crippen LogP contribution >= 0.6 is 15.9 Å². The summed E-state index contributed by atoms with van der Waals surface area (Å²) in [4.78, 5) is 26.4. The molecule has 0 saturated heterocycles. The highest BCUT2D eigenvalue weighted by Gasteiger charge is 2.36. The molecule has 1 aliphatic rings. The monoisotopic (exact) mass is 449 g/mol. The highest BCUT2D eigenvalue weighted by Crippen LogP contribution is 2.35. The first kappa shape index (κ1) is 20.3. The Labute approximate surface area is 171 Å². The zero-order valence-corrected chi connectivity index (χ0v) is 17.5. The molecule has 28 heavy (non-hydrogen) atoms. The predicted octanol–water partition coefficient (Wildman–Crippen LogP) is 5.10. The zero-order valence-electron chi connectivity index (χ0n) is 15.9. The van der Waals surface area contributed by atoms with Crippen LogP contribution in [-0.4, -0.2) is 29.0 Å². The van der Waals surface area contributed by atoms with Crippen LogP contribution in [0.3, 0.4) is 0 Å². The van der Waals surface area contributed by atoms with Crippen molar-refractivity contribution in [2.75, 3.05) is 6.54 Å². The second-order valence-electron chi connectivity index (χ2n) is 7.49. The Bertz CT molecular complexity index is 909. The standard InChI is InChI=1S/C21H21BrFNO4/c1-21(2,3)28-20(26)24-10-9-14-17(19(24)25)16(11-15(22)18(14)23)27-12-13-7-5-4-6-8-13/h4-8,11H,9-10,12H2,1-3H3. The summed E-state index contributed by atoms with van der Waals surface area (Å²) in [5.74, 6) is -0.908. The molecule has 0 aliphatic carbocycles. The van der Waals surface area contributed by atoms with Gasteiger partial charge in [-0.3, -0.25) is 4.79 Å². The molecule has 1 heterocycles. The lowest BCUT2D eigenvalue weighted by atomic mass is 9.97. The molecule has 7 heteroatoms. The molecular formula is C21H21BrFNO4. The van der Waals surface area contributed by atoms with Gasteiger partial charge in [0.25, 0.3) is 5.91 Å². The molecule has 0 aromatic heterocycles. The Balaban J connectivity index is 1.93. The van der Waals surface area contributed by atoms with Gasteiger partial charge < -0.3 is 9.47 Å². The summed E-state index contributed by atoms with van der Waals surface area (Å²) in [6.45, 7) is 5.42. The number of carbonyl (C=O) groups excluding carboxylic acids is 2. The van der Waals surface area contributed by atoms with Gasteiger partial charge in [-0.1, -0.05) is 30.3 Å². The van der Waals surface area contributed by atoms with Crippen molar-refractivity contribution >= 4 is 27.9 Å². The third-order valence-electron chi connectivity index (χ3n) is 4.18. The average Bonchev–Trinajstić information content (AvgIpc) is 2.63. The molecule has 1 aliphatic heterocycles. The first-order chi connectivity index (χ1) is 13.2. The van der Waals surface area contributed by atoms with Crippen LogP contribution in [-0.2, 0) is 17.8 Å². The normalized spacial score (nSPS) is 13.9. The van der Waals surface area contributed by atoms with Gasteiger partial charge in [0.15, 0.2) is 0 Å². The lowest BCUT2D eigenvalue weighted by Gasteiger charge is -2.30. The van der Waals surface area contributed by atoms with Gasteiger partial charge in [0.05, 0.1) is 10.0 Å². The smallest absolute Gasteiger partial charge is 0.417 e. The lowest BCUT2D eigenvalue weighted by molar-refractivity contribution is 0.0231. The van der Waals surface area contributed by atoms with E-state index in [4.69, 9.17) is 9.47 Å². The van der Waals surface area contributed by atoms with Gasteiger partial charge in [-0.15, -0.1) is 0 Å². The van der Waals surface area contributed by atoms with Crippen LogP contribution in [0.4, 0.5) is 9.18 Å². The van der Waals surface area contributed by atoms with E-state index in [2.05, 4.69) is 15.9 Å². The molecule has 0 bridgehead atoms. The number of benzene rings is 2. The van der Waals surface area contributed by atoms with Crippen molar-refractivity contribution in [3.8, 4) is 5.75 Å². The maximum atomic E-state index is 14.6. The minimum absolute atomic E-state index is 0.0479. The zero-order chi connectivity index (χ0) is 20.5. The summed E-state index contributed by atoms with van der Waals surface area (Å²) in [6, 6.07) is 10.9. The Hall–Kier alpha value is -2.41. The molecule has 148 valence electrons. The van der Waals surface area contributed by atoms with Gasteiger partial charge in [-0.05, 0) is 54.8 Å². The summed E-state index contributed by atoms with van der Waals surface area (Å²) in [7, 11) is 0. The molecule has 2 aromatic carbocycles. The molecule has 0 atom stereocenters. The van der Waals surface area contributed by atoms with E-state index < -0.39 is 23.4 Å². The summed E-state index contributed by atoms with van der Waals surface area (Å²) < 4.78 is 26.0. The summed E-state index contributed by atoms with van der Waals surface area (Å²) >= 11 is 3.18. The topological polar surface area (TPSA) is 55.8 Å². The van der Waals surface area contributed by atoms with Crippen LogP contribution in [0.5, 0.6) is 5.75 Å². The maximum absolute atomic E-state index is 14.6. The van der Waals surface area contributed by atoms with Crippen molar-refractivity contribution in [3.63, 3.8) is 0 Å². The van der Waals surface area contributed by atoms with E-state index in [9.17, 15) is 14.0 Å². The minimum Gasteiger partial charge on any atom is -0.488 e. The number of hydrogen-bond acceptors (Lipinski definition) is 4. The third kappa shape index (κ3) is 4.35. The molecule has 0 N–H and O–H groups in total. The van der Waals surface area contributed by atoms with E-state index in [0.29, 0.717) is 0 Å². The van der Waals surface area contributed by atoms with Gasteiger partial charge in [0, 0.05) is 12.1 Å². The van der Waals surface area contributed by atoms with Crippen LogP contribution < -0.4 is 4.74 Å². The van der Waals surface area contributed by atoms with E-state index in [1.54, 1.807) is 20.8 Å². The largest absolute Gasteiger partial charge is 0.488 e. The van der Waals surface area contributed by atoms with E-state index >= 15 is 0 Å². The fourth-order valence-electron chi connectivity index (χ4n) is 2.92. The number of halogens is 2. The van der Waals surface area contributed by atoms with Crippen molar-refractivity contribution in [2.24, 2.45) is 0 Å². The number of rotatable bonds is 3. The summed E-state index contributed by atoms with van der Waals surface area (Å²) in [5.41, 5.74) is 0.467. The van der Waals surface area contributed by atoms with Crippen molar-refractivity contribution in [1.29, 1.82) is 0 Å². The Morgan fingerprint density at radius 2 is 1.93 bits per heavy atom. The van der Waals surface area contributed by atoms with E-state index in [-0.39, 0.29) is 40.9 Å². The number of amides is 2. The van der Waals surface area contributed by atoms with Crippen molar-refractivity contribution in [1.82, 2.24) is 4.90 Å². The van der Waals surface area contributed by atoms with E-state index in [1.165, 1.54) is 6.07 Å². The molecule has 2 aromatic rings. The fraction of sp³-hybridized carbons (Fsp3) is 0.333. The van der Waals surface area contributed by atoms with Crippen LogP contribution in [0.15, 0.2) is 40.9 Å². The van der Waals surface area contributed by atoms with Crippen molar-refractivity contribution in [2.45, 2.75) is 39.4 Å². The predicted molar refractivity (Wildman–Crippen MR) is 106 cm³/mol. The van der Waals surface area contributed by atoms with E-state index in [0.717, 1.165) is 10.5 Å². The molecule has 5 nitrogen and oxygen atoms in total. The number of hydrogen-bond donors (Lipinski definition) is 0. The third-order valence-corrected chi connectivity index (χ3v) is 4.75. The first-order valence-corrected chi connectivity index (χ1v) is 9.69. The minimum atomic E-state index is -0.750. The summed E-state index contributed by atoms with van der Waals surface area (Å²) in [6.07, 6.45) is -0.562. The summed E-state index contributed by atoms with van der Waals surface area (Å²) in [5, 5.41) is 0. The number of carbonyl (C=O) groups is 2. The van der Waals surface area contributed by atoms with Crippen LogP contribution in [0.2, 0.25) is 0 Å². The molecule has 0 unspecified atom stereocenters. The SMILES string of the molecule is CC(C)(C)OC(=O)N1CCc2c(F)c(Br)cc(OCc3ccccc3)c2C1=O. The number of fused-ring (bicyclic) bond motifs is 1. The Kier molecular flexibility index (Phi) is 5.74. The maximum Gasteiger partial charge on any atom is 0.417 e. The van der Waals surface area contributed by atoms with Crippen molar-refractivity contribution in [3.05, 3.63) is 63.4 Å². The molecule has 0 radical (unpaired) electrons. The number of nitrogens with zero attached hydrogens (tertiary/aromatic N) is 1. The lowest BCUT2D eigenvalue weighted by Crippen LogP contribution is -2.45. The number of ether oxygens (including phenoxy) is 2. The van der Waals surface area contributed by atoms with Gasteiger partial charge in [0.2, 0.25) is 0 Å². The first-order valence-electron chi connectivity index (χ1n) is 8.90. The van der Waals surface area contributed by atoms with Gasteiger partial charge >= 0.3 is 6.09 Å². The molecule has 2 amide bonds. The highest BCUT2D eigenvalue weighted by molar-refractivity contribution is 9.10.